The summed E-state index contributed by atoms with van der Waals surface area (Å²) in [4.78, 5) is 30.1. The third-order valence-corrected chi connectivity index (χ3v) is 3.71. The molecule has 136 valence electrons. The molecule has 3 aromatic rings. The molecule has 9 heteroatoms. The normalized spacial score (nSPS) is 11.7. The van der Waals surface area contributed by atoms with Gasteiger partial charge in [0.05, 0.1) is 5.56 Å². The highest BCUT2D eigenvalue weighted by atomic mass is 19.4. The Bertz CT molecular complexity index is 1050. The molecule has 1 aromatic carbocycles. The zero-order valence-electron chi connectivity index (χ0n) is 13.5. The summed E-state index contributed by atoms with van der Waals surface area (Å²) in [5.41, 5.74) is -1.14. The van der Waals surface area contributed by atoms with Crippen LogP contribution in [-0.4, -0.2) is 9.97 Å². The number of H-pyrrole nitrogens is 1. The minimum Gasteiger partial charge on any atom is -0.460 e. The van der Waals surface area contributed by atoms with Gasteiger partial charge in [-0.2, -0.15) is 18.2 Å². The van der Waals surface area contributed by atoms with Crippen LogP contribution in [0.5, 0.6) is 6.01 Å². The molecule has 0 unspecified atom stereocenters. The molecular weight excluding hydrogens is 353 g/mol. The highest BCUT2D eigenvalue weighted by Gasteiger charge is 2.29. The first-order chi connectivity index (χ1) is 12.3. The van der Waals surface area contributed by atoms with E-state index in [2.05, 4.69) is 9.97 Å². The second-order valence-electron chi connectivity index (χ2n) is 5.48. The fraction of sp³-hybridized carbons (Fsp3) is 0.235. The molecule has 2 aromatic heterocycles. The molecule has 0 aliphatic rings. The Balaban J connectivity index is 1.86. The average molecular weight is 366 g/mol. The summed E-state index contributed by atoms with van der Waals surface area (Å²) in [6.45, 7) is 1.66. The Labute approximate surface area is 144 Å². The molecule has 26 heavy (non-hydrogen) atoms. The molecule has 0 aliphatic heterocycles. The standard InChI is InChI=1S/C17H13F3N2O4/c1-2-10-7-12(23)26-15-13(10)14(24)21-16(22-15)25-8-9-3-5-11(6-4-9)17(18,19)20/h3-7H,2,8H2,1H3,(H,21,22,24). The van der Waals surface area contributed by atoms with E-state index in [4.69, 9.17) is 9.15 Å². The number of hydrogen-bond donors (Lipinski definition) is 1. The lowest BCUT2D eigenvalue weighted by Crippen LogP contribution is -2.15. The van der Waals surface area contributed by atoms with Crippen molar-refractivity contribution in [2.24, 2.45) is 0 Å². The van der Waals surface area contributed by atoms with E-state index in [1.54, 1.807) is 6.92 Å². The largest absolute Gasteiger partial charge is 0.460 e. The second kappa shape index (κ2) is 6.66. The van der Waals surface area contributed by atoms with Gasteiger partial charge < -0.3 is 9.15 Å². The third kappa shape index (κ3) is 3.61. The van der Waals surface area contributed by atoms with Crippen molar-refractivity contribution in [1.29, 1.82) is 0 Å². The van der Waals surface area contributed by atoms with Gasteiger partial charge in [0.2, 0.25) is 5.71 Å². The monoisotopic (exact) mass is 366 g/mol. The maximum absolute atomic E-state index is 12.5. The van der Waals surface area contributed by atoms with E-state index in [-0.39, 0.29) is 23.7 Å². The molecule has 3 rings (SSSR count). The summed E-state index contributed by atoms with van der Waals surface area (Å²) in [5.74, 6) is 0. The van der Waals surface area contributed by atoms with Gasteiger partial charge in [0, 0.05) is 6.07 Å². The van der Waals surface area contributed by atoms with Gasteiger partial charge in [-0.05, 0) is 29.7 Å². The quantitative estimate of drug-likeness (QED) is 0.767. The Morgan fingerprint density at radius 1 is 1.19 bits per heavy atom. The van der Waals surface area contributed by atoms with Crippen molar-refractivity contribution in [2.75, 3.05) is 0 Å². The minimum absolute atomic E-state index is 0.121. The number of aromatic nitrogens is 2. The summed E-state index contributed by atoms with van der Waals surface area (Å²) < 4.78 is 47.9. The molecule has 0 saturated heterocycles. The average Bonchev–Trinajstić information content (AvgIpc) is 2.58. The molecule has 0 aliphatic carbocycles. The summed E-state index contributed by atoms with van der Waals surface area (Å²) in [6, 6.07) is 5.42. The van der Waals surface area contributed by atoms with E-state index in [1.807, 2.05) is 0 Å². The van der Waals surface area contributed by atoms with Crippen molar-refractivity contribution < 1.29 is 22.3 Å². The molecule has 1 N–H and O–H groups in total. The SMILES string of the molecule is CCc1cc(=O)oc2nc(OCc3ccc(C(F)(F)F)cc3)[nH]c(=O)c12. The molecule has 2 heterocycles. The fourth-order valence-electron chi connectivity index (χ4n) is 2.42. The molecule has 0 bridgehead atoms. The number of hydrogen-bond acceptors (Lipinski definition) is 5. The predicted molar refractivity (Wildman–Crippen MR) is 86.1 cm³/mol. The highest BCUT2D eigenvalue weighted by molar-refractivity contribution is 5.75. The molecule has 0 fully saturated rings. The van der Waals surface area contributed by atoms with Gasteiger partial charge in [-0.1, -0.05) is 19.1 Å². The molecular formula is C17H13F3N2O4. The van der Waals surface area contributed by atoms with Crippen LogP contribution in [0.15, 0.2) is 44.3 Å². The predicted octanol–water partition coefficient (Wildman–Crippen LogP) is 3.04. The van der Waals surface area contributed by atoms with E-state index < -0.39 is 22.9 Å². The van der Waals surface area contributed by atoms with Gasteiger partial charge in [0.25, 0.3) is 11.6 Å². The van der Waals surface area contributed by atoms with Crippen molar-refractivity contribution in [2.45, 2.75) is 26.1 Å². The summed E-state index contributed by atoms with van der Waals surface area (Å²) in [7, 11) is 0. The first-order valence-corrected chi connectivity index (χ1v) is 7.64. The second-order valence-corrected chi connectivity index (χ2v) is 5.48. The van der Waals surface area contributed by atoms with E-state index in [0.717, 1.165) is 12.1 Å². The minimum atomic E-state index is -4.42. The van der Waals surface area contributed by atoms with Gasteiger partial charge in [0.1, 0.15) is 12.0 Å². The number of alkyl halides is 3. The summed E-state index contributed by atoms with van der Waals surface area (Å²) in [5, 5.41) is 0.161. The number of aryl methyl sites for hydroxylation is 1. The van der Waals surface area contributed by atoms with Gasteiger partial charge in [-0.25, -0.2) is 4.79 Å². The molecule has 0 radical (unpaired) electrons. The van der Waals surface area contributed by atoms with Crippen LogP contribution in [-0.2, 0) is 19.2 Å². The highest BCUT2D eigenvalue weighted by Crippen LogP contribution is 2.29. The number of fused-ring (bicyclic) bond motifs is 1. The number of nitrogens with one attached hydrogen (secondary N) is 1. The van der Waals surface area contributed by atoms with E-state index >= 15 is 0 Å². The number of benzene rings is 1. The van der Waals surface area contributed by atoms with Crippen molar-refractivity contribution >= 4 is 11.1 Å². The number of nitrogens with zero attached hydrogens (tertiary/aromatic N) is 1. The third-order valence-electron chi connectivity index (χ3n) is 3.71. The number of aromatic amines is 1. The van der Waals surface area contributed by atoms with E-state index in [9.17, 15) is 22.8 Å². The molecule has 0 saturated carbocycles. The van der Waals surface area contributed by atoms with Gasteiger partial charge in [0.15, 0.2) is 0 Å². The first-order valence-electron chi connectivity index (χ1n) is 7.64. The Morgan fingerprint density at radius 2 is 1.88 bits per heavy atom. The summed E-state index contributed by atoms with van der Waals surface area (Å²) in [6.07, 6.45) is -3.97. The maximum atomic E-state index is 12.5. The Kier molecular flexibility index (Phi) is 4.54. The first kappa shape index (κ1) is 17.7. The van der Waals surface area contributed by atoms with Crippen molar-refractivity contribution in [3.63, 3.8) is 0 Å². The van der Waals surface area contributed by atoms with Gasteiger partial charge >= 0.3 is 11.8 Å². The van der Waals surface area contributed by atoms with Crippen LogP contribution in [0.3, 0.4) is 0 Å². The van der Waals surface area contributed by atoms with Crippen molar-refractivity contribution in [3.05, 3.63) is 67.8 Å². The topological polar surface area (TPSA) is 85.2 Å². The molecule has 6 nitrogen and oxygen atoms in total. The van der Waals surface area contributed by atoms with Gasteiger partial charge in [-0.3, -0.25) is 9.78 Å². The van der Waals surface area contributed by atoms with Crippen LogP contribution in [0.25, 0.3) is 11.1 Å². The smallest absolute Gasteiger partial charge is 0.416 e. The molecule has 0 amide bonds. The maximum Gasteiger partial charge on any atom is 0.416 e. The number of ether oxygens (including phenoxy) is 1. The van der Waals surface area contributed by atoms with E-state index in [0.29, 0.717) is 17.5 Å². The lowest BCUT2D eigenvalue weighted by Gasteiger charge is -2.09. The molecule has 0 atom stereocenters. The van der Waals surface area contributed by atoms with Crippen molar-refractivity contribution in [1.82, 2.24) is 9.97 Å². The number of halogens is 3. The van der Waals surface area contributed by atoms with Crippen LogP contribution >= 0.6 is 0 Å². The van der Waals surface area contributed by atoms with Crippen LogP contribution in [0, 0.1) is 0 Å². The number of rotatable bonds is 4. The lowest BCUT2D eigenvalue weighted by molar-refractivity contribution is -0.137. The zero-order valence-corrected chi connectivity index (χ0v) is 13.5. The lowest BCUT2D eigenvalue weighted by atomic mass is 10.1. The molecule has 0 spiro atoms. The zero-order chi connectivity index (χ0) is 18.9. The van der Waals surface area contributed by atoms with Crippen LogP contribution < -0.4 is 15.9 Å². The van der Waals surface area contributed by atoms with E-state index in [1.165, 1.54) is 18.2 Å². The van der Waals surface area contributed by atoms with Gasteiger partial charge in [-0.15, -0.1) is 0 Å². The van der Waals surface area contributed by atoms with Crippen LogP contribution in [0.1, 0.15) is 23.6 Å². The Morgan fingerprint density at radius 3 is 2.50 bits per heavy atom. The van der Waals surface area contributed by atoms with Crippen LogP contribution in [0.4, 0.5) is 13.2 Å². The van der Waals surface area contributed by atoms with Crippen molar-refractivity contribution in [3.8, 4) is 6.01 Å². The van der Waals surface area contributed by atoms with Crippen LogP contribution in [0.2, 0.25) is 0 Å². The fourth-order valence-corrected chi connectivity index (χ4v) is 2.42. The Hall–Kier alpha value is -3.10. The summed E-state index contributed by atoms with van der Waals surface area (Å²) >= 11 is 0.